The Morgan fingerprint density at radius 3 is 2.44 bits per heavy atom. The van der Waals surface area contributed by atoms with Crippen molar-refractivity contribution in [2.24, 2.45) is 23.5 Å². The SMILES string of the molecule is CC1CCCC(C(CN)N(CC2CC2)C2CC2)C1. The highest BCUT2D eigenvalue weighted by Gasteiger charge is 2.40. The average Bonchev–Trinajstić information content (AvgIpc) is 3.23. The Hall–Kier alpha value is -0.0800. The normalized spacial score (nSPS) is 34.8. The van der Waals surface area contributed by atoms with E-state index in [2.05, 4.69) is 11.8 Å². The van der Waals surface area contributed by atoms with Crippen LogP contribution >= 0.6 is 0 Å². The van der Waals surface area contributed by atoms with Crippen LogP contribution in [-0.4, -0.2) is 30.1 Å². The third-order valence-corrected chi connectivity index (χ3v) is 5.37. The van der Waals surface area contributed by atoms with E-state index in [1.807, 2.05) is 0 Å². The predicted octanol–water partition coefficient (Wildman–Crippen LogP) is 3.01. The van der Waals surface area contributed by atoms with Gasteiger partial charge in [-0.1, -0.05) is 19.8 Å². The van der Waals surface area contributed by atoms with Crippen LogP contribution in [0.3, 0.4) is 0 Å². The molecule has 0 aliphatic heterocycles. The topological polar surface area (TPSA) is 29.3 Å². The summed E-state index contributed by atoms with van der Waals surface area (Å²) in [5, 5.41) is 0. The molecule has 104 valence electrons. The highest BCUT2D eigenvalue weighted by Crippen LogP contribution is 2.40. The maximum atomic E-state index is 6.17. The summed E-state index contributed by atoms with van der Waals surface area (Å²) < 4.78 is 0. The predicted molar refractivity (Wildman–Crippen MR) is 76.4 cm³/mol. The van der Waals surface area contributed by atoms with Gasteiger partial charge in [0.05, 0.1) is 0 Å². The first kappa shape index (κ1) is 12.9. The third-order valence-electron chi connectivity index (χ3n) is 5.37. The number of hydrogen-bond acceptors (Lipinski definition) is 2. The van der Waals surface area contributed by atoms with E-state index in [4.69, 9.17) is 5.73 Å². The lowest BCUT2D eigenvalue weighted by atomic mass is 9.78. The molecule has 0 heterocycles. The summed E-state index contributed by atoms with van der Waals surface area (Å²) in [5.41, 5.74) is 6.17. The molecule has 3 rings (SSSR count). The minimum absolute atomic E-state index is 0.695. The van der Waals surface area contributed by atoms with Crippen molar-refractivity contribution in [1.82, 2.24) is 4.90 Å². The van der Waals surface area contributed by atoms with E-state index in [-0.39, 0.29) is 0 Å². The van der Waals surface area contributed by atoms with E-state index in [1.54, 1.807) is 0 Å². The standard InChI is InChI=1S/C16H30N2/c1-12-3-2-4-14(9-12)16(10-17)18(15-7-8-15)11-13-5-6-13/h12-16H,2-11,17H2,1H3. The average molecular weight is 250 g/mol. The molecule has 0 radical (unpaired) electrons. The molecule has 0 saturated heterocycles. The zero-order valence-corrected chi connectivity index (χ0v) is 12.0. The number of nitrogens with zero attached hydrogens (tertiary/aromatic N) is 1. The van der Waals surface area contributed by atoms with Crippen molar-refractivity contribution in [3.05, 3.63) is 0 Å². The van der Waals surface area contributed by atoms with E-state index in [9.17, 15) is 0 Å². The van der Waals surface area contributed by atoms with Gasteiger partial charge in [0.15, 0.2) is 0 Å². The number of hydrogen-bond donors (Lipinski definition) is 1. The van der Waals surface area contributed by atoms with Crippen molar-refractivity contribution in [3.63, 3.8) is 0 Å². The molecule has 18 heavy (non-hydrogen) atoms. The van der Waals surface area contributed by atoms with Gasteiger partial charge in [0.25, 0.3) is 0 Å². The fraction of sp³-hybridized carbons (Fsp3) is 1.00. The molecule has 2 heteroatoms. The Labute approximate surface area is 112 Å². The minimum atomic E-state index is 0.695. The monoisotopic (exact) mass is 250 g/mol. The summed E-state index contributed by atoms with van der Waals surface area (Å²) in [5.74, 6) is 2.83. The number of rotatable bonds is 6. The Kier molecular flexibility index (Phi) is 3.95. The van der Waals surface area contributed by atoms with Crippen molar-refractivity contribution < 1.29 is 0 Å². The lowest BCUT2D eigenvalue weighted by Gasteiger charge is -2.40. The maximum Gasteiger partial charge on any atom is 0.0249 e. The highest BCUT2D eigenvalue weighted by molar-refractivity contribution is 4.95. The van der Waals surface area contributed by atoms with E-state index in [0.717, 1.165) is 30.3 Å². The van der Waals surface area contributed by atoms with Crippen LogP contribution < -0.4 is 5.73 Å². The van der Waals surface area contributed by atoms with Crippen molar-refractivity contribution >= 4 is 0 Å². The molecule has 0 spiro atoms. The fourth-order valence-electron chi connectivity index (χ4n) is 3.99. The van der Waals surface area contributed by atoms with Crippen LogP contribution in [0.5, 0.6) is 0 Å². The first-order valence-corrected chi connectivity index (χ1v) is 8.23. The lowest BCUT2D eigenvalue weighted by molar-refractivity contribution is 0.0961. The first-order valence-electron chi connectivity index (χ1n) is 8.23. The van der Waals surface area contributed by atoms with Gasteiger partial charge in [-0.05, 0) is 56.3 Å². The first-order chi connectivity index (χ1) is 8.78. The summed E-state index contributed by atoms with van der Waals surface area (Å²) in [6.45, 7) is 4.68. The fourth-order valence-corrected chi connectivity index (χ4v) is 3.99. The molecule has 3 fully saturated rings. The minimum Gasteiger partial charge on any atom is -0.329 e. The van der Waals surface area contributed by atoms with Crippen LogP contribution in [0.15, 0.2) is 0 Å². The van der Waals surface area contributed by atoms with Crippen LogP contribution in [0.2, 0.25) is 0 Å². The smallest absolute Gasteiger partial charge is 0.0249 e. The molecule has 3 unspecified atom stereocenters. The quantitative estimate of drug-likeness (QED) is 0.785. The van der Waals surface area contributed by atoms with Crippen molar-refractivity contribution in [3.8, 4) is 0 Å². The summed E-state index contributed by atoms with van der Waals surface area (Å²) in [6.07, 6.45) is 11.6. The molecule has 0 aromatic carbocycles. The molecule has 0 aromatic heterocycles. The molecular formula is C16H30N2. The van der Waals surface area contributed by atoms with E-state index in [0.29, 0.717) is 6.04 Å². The second-order valence-electron chi connectivity index (χ2n) is 7.21. The highest BCUT2D eigenvalue weighted by atomic mass is 15.2. The van der Waals surface area contributed by atoms with E-state index >= 15 is 0 Å². The van der Waals surface area contributed by atoms with Crippen LogP contribution in [0.1, 0.15) is 58.3 Å². The molecule has 3 atom stereocenters. The summed E-state index contributed by atoms with van der Waals surface area (Å²) in [6, 6.07) is 1.59. The Balaban J connectivity index is 1.63. The van der Waals surface area contributed by atoms with Crippen LogP contribution in [-0.2, 0) is 0 Å². The molecule has 0 aromatic rings. The largest absolute Gasteiger partial charge is 0.329 e. The Bertz CT molecular complexity index is 270. The molecular weight excluding hydrogens is 220 g/mol. The second kappa shape index (κ2) is 5.50. The van der Waals surface area contributed by atoms with Gasteiger partial charge < -0.3 is 5.73 Å². The summed E-state index contributed by atoms with van der Waals surface area (Å²) in [4.78, 5) is 2.83. The van der Waals surface area contributed by atoms with Gasteiger partial charge in [-0.2, -0.15) is 0 Å². The van der Waals surface area contributed by atoms with Crippen molar-refractivity contribution in [1.29, 1.82) is 0 Å². The molecule has 3 aliphatic rings. The zero-order valence-electron chi connectivity index (χ0n) is 12.0. The molecule has 0 amide bonds. The van der Waals surface area contributed by atoms with Crippen LogP contribution in [0.25, 0.3) is 0 Å². The van der Waals surface area contributed by atoms with Gasteiger partial charge in [0.1, 0.15) is 0 Å². The molecule has 3 aliphatic carbocycles. The third kappa shape index (κ3) is 3.08. The van der Waals surface area contributed by atoms with Crippen LogP contribution in [0.4, 0.5) is 0 Å². The zero-order chi connectivity index (χ0) is 12.5. The molecule has 2 nitrogen and oxygen atoms in total. The van der Waals surface area contributed by atoms with E-state index < -0.39 is 0 Å². The maximum absolute atomic E-state index is 6.17. The van der Waals surface area contributed by atoms with Gasteiger partial charge in [-0.15, -0.1) is 0 Å². The molecule has 3 saturated carbocycles. The molecule has 0 bridgehead atoms. The van der Waals surface area contributed by atoms with Gasteiger partial charge >= 0.3 is 0 Å². The number of nitrogens with two attached hydrogens (primary N) is 1. The van der Waals surface area contributed by atoms with Gasteiger partial charge in [-0.3, -0.25) is 4.90 Å². The summed E-state index contributed by atoms with van der Waals surface area (Å²) in [7, 11) is 0. The second-order valence-corrected chi connectivity index (χ2v) is 7.21. The van der Waals surface area contributed by atoms with Crippen molar-refractivity contribution in [2.45, 2.75) is 70.4 Å². The van der Waals surface area contributed by atoms with Crippen molar-refractivity contribution in [2.75, 3.05) is 13.1 Å². The molecule has 2 N–H and O–H groups in total. The Morgan fingerprint density at radius 1 is 1.11 bits per heavy atom. The lowest BCUT2D eigenvalue weighted by Crippen LogP contribution is -2.48. The Morgan fingerprint density at radius 2 is 1.89 bits per heavy atom. The van der Waals surface area contributed by atoms with Gasteiger partial charge in [-0.25, -0.2) is 0 Å². The van der Waals surface area contributed by atoms with E-state index in [1.165, 1.54) is 57.9 Å². The van der Waals surface area contributed by atoms with Gasteiger partial charge in [0.2, 0.25) is 0 Å². The van der Waals surface area contributed by atoms with Crippen LogP contribution in [0, 0.1) is 17.8 Å². The van der Waals surface area contributed by atoms with Gasteiger partial charge in [0, 0.05) is 25.2 Å². The summed E-state index contributed by atoms with van der Waals surface area (Å²) >= 11 is 0.